The highest BCUT2D eigenvalue weighted by Crippen LogP contribution is 2.36. The maximum Gasteiger partial charge on any atom is 0.0794 e. The van der Waals surface area contributed by atoms with E-state index < -0.39 is 0 Å². The summed E-state index contributed by atoms with van der Waals surface area (Å²) in [6.07, 6.45) is 5.79. The zero-order chi connectivity index (χ0) is 11.7. The molecule has 0 saturated carbocycles. The van der Waals surface area contributed by atoms with Crippen molar-refractivity contribution in [2.45, 2.75) is 31.8 Å². The molecule has 2 aromatic rings. The highest BCUT2D eigenvalue weighted by Gasteiger charge is 2.22. The van der Waals surface area contributed by atoms with Gasteiger partial charge >= 0.3 is 0 Å². The molecule has 0 radical (unpaired) electrons. The molecular weight excluding hydrogens is 363 g/mol. The molecule has 0 amide bonds. The molecule has 2 heterocycles. The molecular formula is C12H13IN2S2. The molecule has 1 aliphatic rings. The third-order valence-electron chi connectivity index (χ3n) is 3.09. The van der Waals surface area contributed by atoms with Crippen LogP contribution in [0.2, 0.25) is 0 Å². The fourth-order valence-corrected chi connectivity index (χ4v) is 4.95. The van der Waals surface area contributed by atoms with Gasteiger partial charge < -0.3 is 5.32 Å². The van der Waals surface area contributed by atoms with Gasteiger partial charge in [-0.25, -0.2) is 0 Å². The van der Waals surface area contributed by atoms with E-state index in [0.717, 1.165) is 6.54 Å². The maximum absolute atomic E-state index is 4.11. The number of aromatic nitrogens is 1. The maximum atomic E-state index is 4.11. The molecule has 1 aliphatic carbocycles. The largest absolute Gasteiger partial charge is 0.305 e. The van der Waals surface area contributed by atoms with Gasteiger partial charge in [0.1, 0.15) is 0 Å². The lowest BCUT2D eigenvalue weighted by Crippen LogP contribution is -2.23. The Labute approximate surface area is 123 Å². The quantitative estimate of drug-likeness (QED) is 0.820. The Bertz CT molecular complexity index is 493. The van der Waals surface area contributed by atoms with Crippen LogP contribution in [0.25, 0.3) is 0 Å². The van der Waals surface area contributed by atoms with E-state index >= 15 is 0 Å². The van der Waals surface area contributed by atoms with E-state index in [4.69, 9.17) is 0 Å². The highest BCUT2D eigenvalue weighted by molar-refractivity contribution is 14.1. The summed E-state index contributed by atoms with van der Waals surface area (Å²) >= 11 is 6.11. The fourth-order valence-electron chi connectivity index (χ4n) is 2.29. The molecule has 0 bridgehead atoms. The Hall–Kier alpha value is 0.0200. The molecule has 17 heavy (non-hydrogen) atoms. The van der Waals surface area contributed by atoms with Crippen molar-refractivity contribution in [1.29, 1.82) is 0 Å². The SMILES string of the molecule is Ic1cc2c(s1)CCCC2NCc1cncs1. The van der Waals surface area contributed by atoms with Gasteiger partial charge in [-0.1, -0.05) is 0 Å². The number of rotatable bonds is 3. The first-order valence-corrected chi connectivity index (χ1v) is 8.49. The van der Waals surface area contributed by atoms with Crippen LogP contribution in [0.3, 0.4) is 0 Å². The van der Waals surface area contributed by atoms with Crippen molar-refractivity contribution in [2.24, 2.45) is 0 Å². The molecule has 1 unspecified atom stereocenters. The summed E-state index contributed by atoms with van der Waals surface area (Å²) in [4.78, 5) is 7.02. The molecule has 0 aromatic carbocycles. The molecule has 2 aromatic heterocycles. The van der Waals surface area contributed by atoms with Crippen molar-refractivity contribution in [3.8, 4) is 0 Å². The van der Waals surface area contributed by atoms with Gasteiger partial charge in [0, 0.05) is 28.5 Å². The Morgan fingerprint density at radius 2 is 2.47 bits per heavy atom. The number of aryl methyl sites for hydroxylation is 1. The standard InChI is InChI=1S/C12H13IN2S2/c13-12-4-9-10(2-1-3-11(9)17-12)15-6-8-5-14-7-16-8/h4-5,7,10,15H,1-3,6H2. The molecule has 3 rings (SSSR count). The third kappa shape index (κ3) is 2.72. The number of thiophene rings is 1. The van der Waals surface area contributed by atoms with Crippen molar-refractivity contribution in [1.82, 2.24) is 10.3 Å². The van der Waals surface area contributed by atoms with Crippen LogP contribution in [0, 0.1) is 2.88 Å². The van der Waals surface area contributed by atoms with E-state index in [2.05, 4.69) is 39.0 Å². The van der Waals surface area contributed by atoms with Gasteiger partial charge in [-0.3, -0.25) is 4.98 Å². The Kier molecular flexibility index (Phi) is 3.79. The first kappa shape index (κ1) is 12.1. The number of nitrogens with one attached hydrogen (secondary N) is 1. The van der Waals surface area contributed by atoms with Crippen LogP contribution in [0.1, 0.15) is 34.2 Å². The second kappa shape index (κ2) is 5.34. The van der Waals surface area contributed by atoms with Crippen LogP contribution in [-0.4, -0.2) is 4.98 Å². The normalized spacial score (nSPS) is 19.2. The van der Waals surface area contributed by atoms with Gasteiger partial charge in [0.25, 0.3) is 0 Å². The molecule has 2 nitrogen and oxygen atoms in total. The lowest BCUT2D eigenvalue weighted by atomic mass is 9.94. The zero-order valence-electron chi connectivity index (χ0n) is 9.28. The number of nitrogens with zero attached hydrogens (tertiary/aromatic N) is 1. The minimum absolute atomic E-state index is 0.542. The Balaban J connectivity index is 1.72. The number of halogens is 1. The topological polar surface area (TPSA) is 24.9 Å². The lowest BCUT2D eigenvalue weighted by molar-refractivity contribution is 0.465. The summed E-state index contributed by atoms with van der Waals surface area (Å²) in [6, 6.07) is 2.89. The lowest BCUT2D eigenvalue weighted by Gasteiger charge is -2.23. The molecule has 0 fully saturated rings. The summed E-state index contributed by atoms with van der Waals surface area (Å²) in [5.74, 6) is 0. The molecule has 0 aliphatic heterocycles. The van der Waals surface area contributed by atoms with Crippen molar-refractivity contribution >= 4 is 45.3 Å². The summed E-state index contributed by atoms with van der Waals surface area (Å²) in [5.41, 5.74) is 3.44. The van der Waals surface area contributed by atoms with Gasteiger partial charge in [-0.2, -0.15) is 0 Å². The molecule has 1 N–H and O–H groups in total. The van der Waals surface area contributed by atoms with Crippen LogP contribution in [0.4, 0.5) is 0 Å². The second-order valence-electron chi connectivity index (χ2n) is 4.22. The van der Waals surface area contributed by atoms with Gasteiger partial charge in [0.2, 0.25) is 0 Å². The molecule has 90 valence electrons. The average Bonchev–Trinajstić information content (AvgIpc) is 2.93. The first-order chi connectivity index (χ1) is 8.33. The van der Waals surface area contributed by atoms with Crippen LogP contribution in [-0.2, 0) is 13.0 Å². The molecule has 0 saturated heterocycles. The van der Waals surface area contributed by atoms with Crippen LogP contribution >= 0.6 is 45.3 Å². The van der Waals surface area contributed by atoms with E-state index in [0.29, 0.717) is 6.04 Å². The summed E-state index contributed by atoms with van der Waals surface area (Å²) in [6.45, 7) is 0.946. The minimum Gasteiger partial charge on any atom is -0.305 e. The molecule has 1 atom stereocenters. The number of fused-ring (bicyclic) bond motifs is 1. The Morgan fingerprint density at radius 1 is 1.53 bits per heavy atom. The van der Waals surface area contributed by atoms with E-state index in [1.54, 1.807) is 16.2 Å². The van der Waals surface area contributed by atoms with Gasteiger partial charge in [-0.15, -0.1) is 22.7 Å². The average molecular weight is 376 g/mol. The number of hydrogen-bond acceptors (Lipinski definition) is 4. The highest BCUT2D eigenvalue weighted by atomic mass is 127. The molecule has 0 spiro atoms. The number of thiazole rings is 1. The van der Waals surface area contributed by atoms with E-state index in [9.17, 15) is 0 Å². The minimum atomic E-state index is 0.542. The van der Waals surface area contributed by atoms with Crippen molar-refractivity contribution in [2.75, 3.05) is 0 Å². The predicted molar refractivity (Wildman–Crippen MR) is 81.7 cm³/mol. The van der Waals surface area contributed by atoms with E-state index in [1.165, 1.54) is 32.6 Å². The van der Waals surface area contributed by atoms with E-state index in [1.807, 2.05) is 23.0 Å². The van der Waals surface area contributed by atoms with Crippen LogP contribution < -0.4 is 5.32 Å². The van der Waals surface area contributed by atoms with Gasteiger partial charge in [-0.05, 0) is 53.5 Å². The smallest absolute Gasteiger partial charge is 0.0794 e. The fraction of sp³-hybridized carbons (Fsp3) is 0.417. The van der Waals surface area contributed by atoms with Crippen molar-refractivity contribution in [3.63, 3.8) is 0 Å². The van der Waals surface area contributed by atoms with E-state index in [-0.39, 0.29) is 0 Å². The van der Waals surface area contributed by atoms with Crippen LogP contribution in [0.5, 0.6) is 0 Å². The number of hydrogen-bond donors (Lipinski definition) is 1. The Morgan fingerprint density at radius 3 is 3.29 bits per heavy atom. The summed E-state index contributed by atoms with van der Waals surface area (Å²) in [5, 5.41) is 3.67. The monoisotopic (exact) mass is 376 g/mol. The van der Waals surface area contributed by atoms with Crippen LogP contribution in [0.15, 0.2) is 17.8 Å². The van der Waals surface area contributed by atoms with Crippen molar-refractivity contribution in [3.05, 3.63) is 36.0 Å². The molecule has 5 heteroatoms. The zero-order valence-corrected chi connectivity index (χ0v) is 13.1. The van der Waals surface area contributed by atoms with Crippen molar-refractivity contribution < 1.29 is 0 Å². The summed E-state index contributed by atoms with van der Waals surface area (Å²) in [7, 11) is 0. The first-order valence-electron chi connectivity index (χ1n) is 5.72. The van der Waals surface area contributed by atoms with Gasteiger partial charge in [0.05, 0.1) is 8.39 Å². The predicted octanol–water partition coefficient (Wildman–Crippen LogP) is 3.98. The second-order valence-corrected chi connectivity index (χ2v) is 8.22. The third-order valence-corrected chi connectivity index (χ3v) is 5.84. The summed E-state index contributed by atoms with van der Waals surface area (Å²) < 4.78 is 1.42. The van der Waals surface area contributed by atoms with Gasteiger partial charge in [0.15, 0.2) is 0 Å².